The van der Waals surface area contributed by atoms with Gasteiger partial charge in [0.2, 0.25) is 0 Å². The lowest BCUT2D eigenvalue weighted by Crippen LogP contribution is -2.12. The lowest BCUT2D eigenvalue weighted by molar-refractivity contribution is 0.00146. The van der Waals surface area contributed by atoms with Crippen LogP contribution in [0.25, 0.3) is 48.8 Å². The molecule has 0 fully saturated rings. The Kier molecular flexibility index (Phi) is 12.2. The van der Waals surface area contributed by atoms with Gasteiger partial charge in [-0.05, 0) is 71.4 Å². The lowest BCUT2D eigenvalue weighted by atomic mass is 10.3. The van der Waals surface area contributed by atoms with Crippen molar-refractivity contribution in [3.05, 3.63) is 71.4 Å². The van der Waals surface area contributed by atoms with Crippen molar-refractivity contribution in [3.8, 4) is 48.8 Å². The van der Waals surface area contributed by atoms with Crippen LogP contribution in [-0.2, 0) is 18.9 Å². The van der Waals surface area contributed by atoms with Crippen LogP contribution >= 0.6 is 91.5 Å². The van der Waals surface area contributed by atoms with Crippen LogP contribution in [0.3, 0.4) is 0 Å². The third-order valence-corrected chi connectivity index (χ3v) is 16.4. The van der Waals surface area contributed by atoms with E-state index in [2.05, 4.69) is 71.4 Å². The average molecular weight is 761 g/mol. The molecule has 0 spiro atoms. The Hall–Kier alpha value is -1.26. The van der Waals surface area contributed by atoms with E-state index in [1.54, 1.807) is 0 Å². The Morgan fingerprint density at radius 3 is 1.02 bits per heavy atom. The minimum absolute atomic E-state index is 0.570. The molecule has 0 amide bonds. The lowest BCUT2D eigenvalue weighted by Gasteiger charge is -2.08. The standard InChI is InChI=1S/C34H32O4S8/c1-3-25-27-5-7-31(45-27)33-29(9-19-41-33)39-21-17-37-15-13-35-11-12-36-14-16-38-18-22-40-30-10-20-42-34(30)32-8-6-28(46-32)26-4-2-24(44-26)23(1)43-25/h1-10,19-20H,11-18,21-22H2. The van der Waals surface area contributed by atoms with Crippen molar-refractivity contribution in [2.75, 3.05) is 64.4 Å². The summed E-state index contributed by atoms with van der Waals surface area (Å²) in [6.45, 7) is 4.91. The first-order valence-corrected chi connectivity index (χ1v) is 21.9. The number of fused-ring (bicyclic) bond motifs is 15. The molecule has 6 aromatic rings. The fourth-order valence-corrected chi connectivity index (χ4v) is 13.5. The molecule has 0 aliphatic carbocycles. The van der Waals surface area contributed by atoms with E-state index >= 15 is 0 Å². The molecule has 240 valence electrons. The molecule has 0 aromatic carbocycles. The second-order valence-electron chi connectivity index (χ2n) is 10.0. The van der Waals surface area contributed by atoms with Crippen molar-refractivity contribution in [1.29, 1.82) is 0 Å². The summed E-state index contributed by atoms with van der Waals surface area (Å²) in [6.07, 6.45) is 0. The molecule has 6 aromatic heterocycles. The summed E-state index contributed by atoms with van der Waals surface area (Å²) in [7, 11) is 0. The van der Waals surface area contributed by atoms with Gasteiger partial charge in [-0.15, -0.1) is 91.5 Å². The molecule has 0 N–H and O–H groups in total. The van der Waals surface area contributed by atoms with Gasteiger partial charge in [0.1, 0.15) is 0 Å². The molecule has 0 radical (unpaired) electrons. The molecule has 0 saturated heterocycles. The molecule has 1 aliphatic heterocycles. The number of ether oxygens (including phenoxy) is 4. The molecule has 7 heterocycles. The molecule has 4 nitrogen and oxygen atoms in total. The molecule has 8 bridgehead atoms. The number of thiophene rings is 6. The average Bonchev–Trinajstić information content (AvgIpc) is 3.91. The minimum atomic E-state index is 0.570. The molecular formula is C34H32O4S8. The number of hydrogen-bond donors (Lipinski definition) is 0. The van der Waals surface area contributed by atoms with Gasteiger partial charge in [0.05, 0.1) is 62.6 Å². The third kappa shape index (κ3) is 8.47. The minimum Gasteiger partial charge on any atom is -0.378 e. The summed E-state index contributed by atoms with van der Waals surface area (Å²) in [6, 6.07) is 22.7. The van der Waals surface area contributed by atoms with E-state index in [-0.39, 0.29) is 0 Å². The normalized spacial score (nSPS) is 16.2. The van der Waals surface area contributed by atoms with Crippen molar-refractivity contribution in [2.45, 2.75) is 9.79 Å². The summed E-state index contributed by atoms with van der Waals surface area (Å²) >= 11 is 14.9. The SMILES string of the molecule is c1cc2c(s1)-c1ccc(s1)-c1ccc(s1)-c1ccc(s1)-c1ccc(s1)-c1sccc1SCCOCCOCCOCCOCCS2. The number of hydrogen-bond acceptors (Lipinski definition) is 12. The van der Waals surface area contributed by atoms with Crippen molar-refractivity contribution in [2.24, 2.45) is 0 Å². The van der Waals surface area contributed by atoms with E-state index in [0.717, 1.165) is 11.5 Å². The summed E-state index contributed by atoms with van der Waals surface area (Å²) in [5.41, 5.74) is 0. The van der Waals surface area contributed by atoms with Crippen molar-refractivity contribution in [1.82, 2.24) is 0 Å². The molecule has 0 atom stereocenters. The zero-order valence-corrected chi connectivity index (χ0v) is 31.4. The molecule has 7 rings (SSSR count). The highest BCUT2D eigenvalue weighted by Crippen LogP contribution is 2.47. The molecule has 1 aliphatic rings. The van der Waals surface area contributed by atoms with E-state index in [1.807, 2.05) is 91.5 Å². The van der Waals surface area contributed by atoms with Gasteiger partial charge in [-0.25, -0.2) is 0 Å². The Bertz CT molecular complexity index is 1670. The topological polar surface area (TPSA) is 36.9 Å². The smallest absolute Gasteiger partial charge is 0.0701 e. The van der Waals surface area contributed by atoms with Gasteiger partial charge in [0.15, 0.2) is 0 Å². The first kappa shape index (κ1) is 33.2. The second kappa shape index (κ2) is 16.9. The maximum Gasteiger partial charge on any atom is 0.0701 e. The number of thioether (sulfide) groups is 2. The zero-order chi connectivity index (χ0) is 31.0. The summed E-state index contributed by atoms with van der Waals surface area (Å²) in [4.78, 5) is 16.0. The van der Waals surface area contributed by atoms with Gasteiger partial charge in [0, 0.05) is 60.3 Å². The zero-order valence-electron chi connectivity index (χ0n) is 24.9. The number of rotatable bonds is 0. The van der Waals surface area contributed by atoms with Gasteiger partial charge in [-0.2, -0.15) is 0 Å². The molecule has 0 saturated carbocycles. The van der Waals surface area contributed by atoms with Gasteiger partial charge in [-0.1, -0.05) is 0 Å². The van der Waals surface area contributed by atoms with E-state index in [9.17, 15) is 0 Å². The Labute approximate surface area is 302 Å². The van der Waals surface area contributed by atoms with Crippen molar-refractivity contribution < 1.29 is 18.9 Å². The van der Waals surface area contributed by atoms with Crippen LogP contribution in [0, 0.1) is 0 Å². The first-order chi connectivity index (χ1) is 22.8. The van der Waals surface area contributed by atoms with E-state index in [0.29, 0.717) is 52.9 Å². The van der Waals surface area contributed by atoms with Crippen LogP contribution in [0.15, 0.2) is 81.2 Å². The maximum atomic E-state index is 5.82. The maximum absolute atomic E-state index is 5.82. The second-order valence-corrected chi connectivity index (χ2v) is 18.5. The molecular weight excluding hydrogens is 729 g/mol. The summed E-state index contributed by atoms with van der Waals surface area (Å²) in [5, 5.41) is 4.39. The van der Waals surface area contributed by atoms with Crippen LogP contribution in [-0.4, -0.2) is 64.4 Å². The monoisotopic (exact) mass is 760 g/mol. The van der Waals surface area contributed by atoms with Gasteiger partial charge < -0.3 is 18.9 Å². The van der Waals surface area contributed by atoms with Crippen molar-refractivity contribution >= 4 is 91.5 Å². The van der Waals surface area contributed by atoms with Gasteiger partial charge >= 0.3 is 0 Å². The predicted octanol–water partition coefficient (Wildman–Crippen LogP) is 11.7. The molecule has 12 heteroatoms. The highest BCUT2D eigenvalue weighted by atomic mass is 32.2. The van der Waals surface area contributed by atoms with Gasteiger partial charge in [-0.3, -0.25) is 0 Å². The Morgan fingerprint density at radius 1 is 0.348 bits per heavy atom. The van der Waals surface area contributed by atoms with E-state index < -0.39 is 0 Å². The first-order valence-electron chi connectivity index (χ1n) is 14.9. The fraction of sp³-hybridized carbons (Fsp3) is 0.294. The predicted molar refractivity (Wildman–Crippen MR) is 206 cm³/mol. The van der Waals surface area contributed by atoms with Crippen molar-refractivity contribution in [3.63, 3.8) is 0 Å². The Morgan fingerprint density at radius 2 is 0.652 bits per heavy atom. The van der Waals surface area contributed by atoms with E-state index in [1.165, 1.54) is 58.6 Å². The highest BCUT2D eigenvalue weighted by molar-refractivity contribution is 7.99. The molecule has 0 unspecified atom stereocenters. The summed E-state index contributed by atoms with van der Waals surface area (Å²) in [5.74, 6) is 1.84. The van der Waals surface area contributed by atoms with Gasteiger partial charge in [0.25, 0.3) is 0 Å². The summed E-state index contributed by atoms with van der Waals surface area (Å²) < 4.78 is 23.0. The van der Waals surface area contributed by atoms with Crippen LogP contribution in [0.1, 0.15) is 0 Å². The Balaban J connectivity index is 1.06. The quantitative estimate of drug-likeness (QED) is 0.153. The van der Waals surface area contributed by atoms with Crippen LogP contribution in [0.4, 0.5) is 0 Å². The van der Waals surface area contributed by atoms with Crippen LogP contribution in [0.2, 0.25) is 0 Å². The molecule has 46 heavy (non-hydrogen) atoms. The van der Waals surface area contributed by atoms with Crippen LogP contribution < -0.4 is 0 Å². The fourth-order valence-electron chi connectivity index (χ4n) is 4.75. The third-order valence-electron chi connectivity index (χ3n) is 6.94. The largest absolute Gasteiger partial charge is 0.378 e. The highest BCUT2D eigenvalue weighted by Gasteiger charge is 2.16. The van der Waals surface area contributed by atoms with E-state index in [4.69, 9.17) is 18.9 Å². The van der Waals surface area contributed by atoms with Crippen LogP contribution in [0.5, 0.6) is 0 Å².